The van der Waals surface area contributed by atoms with Crippen molar-refractivity contribution in [3.05, 3.63) is 0 Å². The van der Waals surface area contributed by atoms with Gasteiger partial charge in [0.1, 0.15) is 0 Å². The maximum atomic E-state index is 9.94. The van der Waals surface area contributed by atoms with Crippen LogP contribution in [0.4, 0.5) is 19.9 Å². The van der Waals surface area contributed by atoms with Crippen LogP contribution in [-0.4, -0.2) is 0 Å². The van der Waals surface area contributed by atoms with Crippen molar-refractivity contribution in [2.75, 3.05) is 0 Å². The van der Waals surface area contributed by atoms with Crippen molar-refractivity contribution in [2.45, 2.75) is 0 Å². The molecule has 44 valence electrons. The van der Waals surface area contributed by atoms with E-state index in [-0.39, 0.29) is 0 Å². The number of halogens is 6. The molecule has 7 heteroatoms. The van der Waals surface area contributed by atoms with Gasteiger partial charge in [0.2, 0.25) is 0 Å². The molecule has 0 aliphatic carbocycles. The Kier molecular flexibility index (Phi) is 0.748. The standard InChI is InChI=1S/6FH.Zn/h6*1H;/q;;;;;;+6/p-6. The predicted octanol–water partition coefficient (Wildman–Crippen LogP) is 2.52. The van der Waals surface area contributed by atoms with Crippen LogP contribution in [-0.2, 0) is 15.4 Å². The van der Waals surface area contributed by atoms with E-state index < -0.39 is 15.4 Å². The van der Waals surface area contributed by atoms with Gasteiger partial charge in [-0.2, -0.15) is 0 Å². The van der Waals surface area contributed by atoms with Crippen LogP contribution < -0.4 is 0 Å². The number of hydrogen-bond donors (Lipinski definition) is 0. The van der Waals surface area contributed by atoms with Gasteiger partial charge in [-0.1, -0.05) is 0 Å². The Hall–Kier alpha value is 0.203. The topological polar surface area (TPSA) is 0 Å². The molecule has 0 rings (SSSR count). The van der Waals surface area contributed by atoms with Crippen molar-refractivity contribution >= 4 is 0 Å². The molecule has 0 fully saturated rings. The summed E-state index contributed by atoms with van der Waals surface area (Å²) in [4.78, 5) is 0. The molecule has 0 spiro atoms. The Balaban J connectivity index is 4.43. The molecule has 0 aromatic rings. The average molecular weight is 179 g/mol. The van der Waals surface area contributed by atoms with E-state index in [0.717, 1.165) is 0 Å². The zero-order valence-electron chi connectivity index (χ0n) is 2.97. The van der Waals surface area contributed by atoms with Crippen LogP contribution in [0.2, 0.25) is 0 Å². The van der Waals surface area contributed by atoms with Crippen molar-refractivity contribution in [3.63, 3.8) is 0 Å². The summed E-state index contributed by atoms with van der Waals surface area (Å²) in [7, 11) is 0. The van der Waals surface area contributed by atoms with Crippen LogP contribution in [0.25, 0.3) is 0 Å². The van der Waals surface area contributed by atoms with Crippen LogP contribution in [0.1, 0.15) is 0 Å². The fraction of sp³-hybridized carbons (Fsp3) is 0. The van der Waals surface area contributed by atoms with Crippen LogP contribution in [0.15, 0.2) is 0 Å². The molecule has 0 bridgehead atoms. The summed E-state index contributed by atoms with van der Waals surface area (Å²) in [6, 6.07) is 0. The minimum atomic E-state index is -11.4. The van der Waals surface area contributed by atoms with Crippen molar-refractivity contribution < 1.29 is 35.3 Å². The summed E-state index contributed by atoms with van der Waals surface area (Å²) in [6.07, 6.45) is 0. The molecular weight excluding hydrogens is 179 g/mol. The molecule has 0 nitrogen and oxygen atoms in total. The molecule has 7 heavy (non-hydrogen) atoms. The van der Waals surface area contributed by atoms with Crippen LogP contribution in [0, 0.1) is 0 Å². The summed E-state index contributed by atoms with van der Waals surface area (Å²) in [5.41, 5.74) is 0. The monoisotopic (exact) mass is 178 g/mol. The van der Waals surface area contributed by atoms with Gasteiger partial charge in [0.05, 0.1) is 0 Å². The molecule has 0 aromatic heterocycles. The first-order chi connectivity index (χ1) is 2.45. The van der Waals surface area contributed by atoms with Crippen molar-refractivity contribution in [2.24, 2.45) is 0 Å². The fourth-order valence-electron chi connectivity index (χ4n) is 0. The van der Waals surface area contributed by atoms with Gasteiger partial charge in [-0.3, -0.25) is 0 Å². The Labute approximate surface area is 36.2 Å². The molecular formula is F6Zn. The molecule has 0 atom stereocenters. The zero-order valence-corrected chi connectivity index (χ0v) is 5.94. The molecule has 0 amide bonds. The van der Waals surface area contributed by atoms with E-state index in [1.165, 1.54) is 0 Å². The Morgan fingerprint density at radius 1 is 0.571 bits per heavy atom. The van der Waals surface area contributed by atoms with Gasteiger partial charge in [0.15, 0.2) is 0 Å². The van der Waals surface area contributed by atoms with E-state index in [1.54, 1.807) is 0 Å². The summed E-state index contributed by atoms with van der Waals surface area (Å²) in [5, 5.41) is 0. The summed E-state index contributed by atoms with van der Waals surface area (Å²) in [5.74, 6) is 0. The van der Waals surface area contributed by atoms with Crippen LogP contribution >= 0.6 is 0 Å². The van der Waals surface area contributed by atoms with E-state index in [9.17, 15) is 19.9 Å². The first-order valence-corrected chi connectivity index (χ1v) is 8.33. The summed E-state index contributed by atoms with van der Waals surface area (Å²) >= 11 is -11.4. The van der Waals surface area contributed by atoms with Crippen LogP contribution in [0.5, 0.6) is 0 Å². The van der Waals surface area contributed by atoms with Gasteiger partial charge < -0.3 is 0 Å². The van der Waals surface area contributed by atoms with Gasteiger partial charge >= 0.3 is 35.3 Å². The minimum absolute atomic E-state index is 9.94. The molecule has 0 saturated heterocycles. The van der Waals surface area contributed by atoms with E-state index in [0.29, 0.717) is 0 Å². The molecule has 0 saturated carbocycles. The second-order valence-electron chi connectivity index (χ2n) is 1.52. The predicted molar refractivity (Wildman–Crippen MR) is 6.65 cm³/mol. The second kappa shape index (κ2) is 0.727. The molecule has 0 N–H and O–H groups in total. The van der Waals surface area contributed by atoms with Gasteiger partial charge in [-0.05, 0) is 0 Å². The van der Waals surface area contributed by atoms with Crippen LogP contribution in [0.3, 0.4) is 0 Å². The third-order valence-electron chi connectivity index (χ3n) is 0. The van der Waals surface area contributed by atoms with Crippen molar-refractivity contribution in [1.82, 2.24) is 0 Å². The first kappa shape index (κ1) is 7.20. The van der Waals surface area contributed by atoms with Gasteiger partial charge in [-0.25, -0.2) is 0 Å². The van der Waals surface area contributed by atoms with E-state index >= 15 is 0 Å². The zero-order chi connectivity index (χ0) is 6.41. The second-order valence-corrected chi connectivity index (χ2v) is 7.87. The maximum absolute atomic E-state index is 11.4. The SMILES string of the molecule is [F][Zn]([F])([F])([F])([F])[F]. The van der Waals surface area contributed by atoms with Crippen molar-refractivity contribution in [3.8, 4) is 0 Å². The quantitative estimate of drug-likeness (QED) is 0.396. The molecule has 0 aliphatic heterocycles. The van der Waals surface area contributed by atoms with E-state index in [1.807, 2.05) is 0 Å². The Morgan fingerprint density at radius 2 is 0.571 bits per heavy atom. The van der Waals surface area contributed by atoms with E-state index in [4.69, 9.17) is 0 Å². The number of rotatable bonds is 0. The summed E-state index contributed by atoms with van der Waals surface area (Å²) in [6.45, 7) is 0. The van der Waals surface area contributed by atoms with E-state index in [2.05, 4.69) is 0 Å². The van der Waals surface area contributed by atoms with Crippen molar-refractivity contribution in [1.29, 1.82) is 0 Å². The first-order valence-electron chi connectivity index (χ1n) is 1.60. The summed E-state index contributed by atoms with van der Waals surface area (Å²) < 4.78 is 59.6. The molecule has 0 heterocycles. The average Bonchev–Trinajstić information content (AvgIpc) is 0.592. The van der Waals surface area contributed by atoms with Gasteiger partial charge in [0, 0.05) is 0 Å². The molecule has 0 unspecified atom stereocenters. The van der Waals surface area contributed by atoms with Gasteiger partial charge in [-0.15, -0.1) is 0 Å². The Bertz CT molecular complexity index is 62.7. The van der Waals surface area contributed by atoms with Gasteiger partial charge in [0.25, 0.3) is 0 Å². The number of hydrogen-bond acceptors (Lipinski definition) is 0. The third-order valence-corrected chi connectivity index (χ3v) is 0. The Morgan fingerprint density at radius 3 is 0.571 bits per heavy atom. The molecule has 0 aliphatic rings. The fourth-order valence-corrected chi connectivity index (χ4v) is 0. The molecule has 0 aromatic carbocycles. The normalized spacial score (nSPS) is 18.0. The molecule has 0 radical (unpaired) electrons. The third kappa shape index (κ3) is 2650.